The molecule has 4 aromatic carbocycles. The maximum atomic E-state index is 13.2. The molecule has 1 amide bonds. The molecular weight excluding hydrogens is 544 g/mol. The minimum absolute atomic E-state index is 0.101. The number of rotatable bonds is 9. The van der Waals surface area contributed by atoms with Crippen molar-refractivity contribution in [3.63, 3.8) is 0 Å². The quantitative estimate of drug-likeness (QED) is 0.204. The van der Waals surface area contributed by atoms with Crippen molar-refractivity contribution in [1.82, 2.24) is 0 Å². The van der Waals surface area contributed by atoms with E-state index in [9.17, 15) is 18.3 Å². The van der Waals surface area contributed by atoms with Gasteiger partial charge < -0.3 is 30.0 Å². The van der Waals surface area contributed by atoms with Crippen LogP contribution < -0.4 is 20.1 Å². The summed E-state index contributed by atoms with van der Waals surface area (Å²) in [5.41, 5.74) is 2.69. The van der Waals surface area contributed by atoms with E-state index in [0.717, 1.165) is 11.1 Å². The number of nitrogens with one attached hydrogen (secondary N) is 2. The Morgan fingerprint density at radius 1 is 0.829 bits per heavy atom. The molecule has 1 atom stereocenters. The minimum Gasteiger partial charge on any atom is -0.506 e. The number of carbonyl (C=O) groups excluding carboxylic acids is 2. The Bertz CT molecular complexity index is 1590. The first-order valence-corrected chi connectivity index (χ1v) is 14.0. The standard InChI is InChI=1S/C30H30N2O6S.CH2O/c1-19-5-9-22(10-6-19)30(34)32-26-18-29(38-24-13-11-23(37-4)12-14-24)27(17-28(26)33)31-21(3)39(35,36)25-15-7-20(2)8-16-25;1-2/h5-18,21,31,33H,1-4H3,(H,32,34);1H2. The summed E-state index contributed by atoms with van der Waals surface area (Å²) in [6.45, 7) is 7.31. The Morgan fingerprint density at radius 3 is 1.93 bits per heavy atom. The van der Waals surface area contributed by atoms with Crippen molar-refractivity contribution in [3.8, 4) is 23.0 Å². The summed E-state index contributed by atoms with van der Waals surface area (Å²) in [6, 6.07) is 23.1. The number of carbonyl (C=O) groups is 2. The molecule has 0 aliphatic heterocycles. The van der Waals surface area contributed by atoms with Gasteiger partial charge in [-0.05, 0) is 69.3 Å². The first kappa shape index (κ1) is 30.7. The number of methoxy groups -OCH3 is 1. The summed E-state index contributed by atoms with van der Waals surface area (Å²) in [5, 5.41) is 15.4. The molecular formula is C31H32N2O7S. The van der Waals surface area contributed by atoms with Gasteiger partial charge in [-0.25, -0.2) is 8.42 Å². The molecule has 9 nitrogen and oxygen atoms in total. The maximum absolute atomic E-state index is 13.2. The lowest BCUT2D eigenvalue weighted by Gasteiger charge is -2.20. The van der Waals surface area contributed by atoms with Crippen LogP contribution >= 0.6 is 0 Å². The molecule has 10 heteroatoms. The van der Waals surface area contributed by atoms with Crippen molar-refractivity contribution in [2.45, 2.75) is 31.0 Å². The Hall–Kier alpha value is -4.83. The summed E-state index contributed by atoms with van der Waals surface area (Å²) in [7, 11) is -2.22. The van der Waals surface area contributed by atoms with Gasteiger partial charge in [0.25, 0.3) is 5.91 Å². The molecule has 0 fully saturated rings. The largest absolute Gasteiger partial charge is 0.506 e. The Labute approximate surface area is 239 Å². The molecule has 1 unspecified atom stereocenters. The fraction of sp³-hybridized carbons (Fsp3) is 0.161. The fourth-order valence-electron chi connectivity index (χ4n) is 3.76. The molecule has 0 saturated carbocycles. The van der Waals surface area contributed by atoms with Gasteiger partial charge in [-0.15, -0.1) is 0 Å². The molecule has 0 spiro atoms. The lowest BCUT2D eigenvalue weighted by Crippen LogP contribution is -2.26. The lowest BCUT2D eigenvalue weighted by atomic mass is 10.1. The number of benzene rings is 4. The topological polar surface area (TPSA) is 131 Å². The third-order valence-electron chi connectivity index (χ3n) is 6.12. The number of aromatic hydroxyl groups is 1. The third-order valence-corrected chi connectivity index (χ3v) is 8.10. The van der Waals surface area contributed by atoms with E-state index < -0.39 is 21.1 Å². The van der Waals surface area contributed by atoms with E-state index in [2.05, 4.69) is 10.6 Å². The van der Waals surface area contributed by atoms with Gasteiger partial charge in [0.1, 0.15) is 29.4 Å². The van der Waals surface area contributed by atoms with Crippen molar-refractivity contribution in [1.29, 1.82) is 0 Å². The van der Waals surface area contributed by atoms with Crippen molar-refractivity contribution < 1.29 is 32.6 Å². The summed E-state index contributed by atoms with van der Waals surface area (Å²) in [4.78, 5) is 21.0. The number of phenolic OH excluding ortho intramolecular Hbond substituents is 1. The summed E-state index contributed by atoms with van der Waals surface area (Å²) < 4.78 is 37.7. The molecule has 0 heterocycles. The van der Waals surface area contributed by atoms with Gasteiger partial charge in [-0.1, -0.05) is 35.4 Å². The third kappa shape index (κ3) is 7.64. The van der Waals surface area contributed by atoms with Gasteiger partial charge in [0.15, 0.2) is 15.6 Å². The second-order valence-corrected chi connectivity index (χ2v) is 11.4. The van der Waals surface area contributed by atoms with Crippen molar-refractivity contribution >= 4 is 33.9 Å². The van der Waals surface area contributed by atoms with Crippen LogP contribution in [0.15, 0.2) is 89.8 Å². The molecule has 0 saturated heterocycles. The number of ether oxygens (including phenoxy) is 2. The number of amides is 1. The first-order chi connectivity index (χ1) is 19.6. The molecule has 0 bridgehead atoms. The van der Waals surface area contributed by atoms with Gasteiger partial charge >= 0.3 is 0 Å². The smallest absolute Gasteiger partial charge is 0.255 e. The van der Waals surface area contributed by atoms with E-state index in [-0.39, 0.29) is 27.8 Å². The Kier molecular flexibility index (Phi) is 10.1. The number of anilines is 2. The van der Waals surface area contributed by atoms with Gasteiger partial charge in [0, 0.05) is 17.7 Å². The van der Waals surface area contributed by atoms with Gasteiger partial charge in [-0.3, -0.25) is 4.79 Å². The summed E-state index contributed by atoms with van der Waals surface area (Å²) in [6.07, 6.45) is 0. The zero-order chi connectivity index (χ0) is 30.2. The van der Waals surface area contributed by atoms with Crippen LogP contribution in [-0.2, 0) is 14.6 Å². The van der Waals surface area contributed by atoms with E-state index in [1.165, 1.54) is 19.1 Å². The van der Waals surface area contributed by atoms with E-state index in [1.54, 1.807) is 67.8 Å². The fourth-order valence-corrected chi connectivity index (χ4v) is 4.97. The van der Waals surface area contributed by atoms with Crippen LogP contribution in [0.5, 0.6) is 23.0 Å². The molecule has 0 aliphatic rings. The zero-order valence-corrected chi connectivity index (χ0v) is 24.0. The van der Waals surface area contributed by atoms with Crippen LogP contribution in [0.4, 0.5) is 11.4 Å². The predicted molar refractivity (Wildman–Crippen MR) is 159 cm³/mol. The highest BCUT2D eigenvalue weighted by molar-refractivity contribution is 7.92. The molecule has 3 N–H and O–H groups in total. The monoisotopic (exact) mass is 576 g/mol. The van der Waals surface area contributed by atoms with E-state index in [0.29, 0.717) is 17.1 Å². The number of sulfone groups is 1. The van der Waals surface area contributed by atoms with Crippen molar-refractivity contribution in [3.05, 3.63) is 102 Å². The lowest BCUT2D eigenvalue weighted by molar-refractivity contribution is -0.0980. The second kappa shape index (κ2) is 13.5. The summed E-state index contributed by atoms with van der Waals surface area (Å²) >= 11 is 0. The van der Waals surface area contributed by atoms with Crippen molar-refractivity contribution in [2.24, 2.45) is 0 Å². The van der Waals surface area contributed by atoms with Gasteiger partial charge in [0.05, 0.1) is 23.4 Å². The predicted octanol–water partition coefficient (Wildman–Crippen LogP) is 6.11. The van der Waals surface area contributed by atoms with E-state index in [4.69, 9.17) is 14.3 Å². The number of hydrogen-bond donors (Lipinski definition) is 3. The van der Waals surface area contributed by atoms with E-state index in [1.807, 2.05) is 32.8 Å². The summed E-state index contributed by atoms with van der Waals surface area (Å²) in [5.74, 6) is 0.587. The molecule has 41 heavy (non-hydrogen) atoms. The minimum atomic E-state index is -3.77. The van der Waals surface area contributed by atoms with Crippen LogP contribution in [0, 0.1) is 13.8 Å². The van der Waals surface area contributed by atoms with Crippen LogP contribution in [0.25, 0.3) is 0 Å². The average Bonchev–Trinajstić information content (AvgIpc) is 2.97. The highest BCUT2D eigenvalue weighted by Gasteiger charge is 2.25. The Balaban J connectivity index is 0.00000226. The van der Waals surface area contributed by atoms with E-state index >= 15 is 0 Å². The molecule has 0 aliphatic carbocycles. The van der Waals surface area contributed by atoms with Gasteiger partial charge in [-0.2, -0.15) is 0 Å². The molecule has 214 valence electrons. The normalized spacial score (nSPS) is 11.4. The molecule has 4 rings (SSSR count). The second-order valence-electron chi connectivity index (χ2n) is 9.11. The van der Waals surface area contributed by atoms with Crippen LogP contribution in [0.2, 0.25) is 0 Å². The average molecular weight is 577 g/mol. The molecule has 4 aromatic rings. The van der Waals surface area contributed by atoms with Crippen LogP contribution in [-0.4, -0.2) is 38.7 Å². The number of phenols is 1. The van der Waals surface area contributed by atoms with Gasteiger partial charge in [0.2, 0.25) is 0 Å². The van der Waals surface area contributed by atoms with Crippen LogP contribution in [0.1, 0.15) is 28.4 Å². The highest BCUT2D eigenvalue weighted by Crippen LogP contribution is 2.39. The maximum Gasteiger partial charge on any atom is 0.255 e. The first-order valence-electron chi connectivity index (χ1n) is 12.5. The highest BCUT2D eigenvalue weighted by atomic mass is 32.2. The Morgan fingerprint density at radius 2 is 1.37 bits per heavy atom. The van der Waals surface area contributed by atoms with Crippen molar-refractivity contribution in [2.75, 3.05) is 17.7 Å². The number of aryl methyl sites for hydroxylation is 2. The molecule has 0 radical (unpaired) electrons. The SMILES string of the molecule is C=O.COc1ccc(Oc2cc(NC(=O)c3ccc(C)cc3)c(O)cc2NC(C)S(=O)(=O)c2ccc(C)cc2)cc1. The zero-order valence-electron chi connectivity index (χ0n) is 23.2. The molecule has 0 aromatic heterocycles. The number of hydrogen-bond acceptors (Lipinski definition) is 8. The van der Waals surface area contributed by atoms with Crippen LogP contribution in [0.3, 0.4) is 0 Å².